The van der Waals surface area contributed by atoms with Gasteiger partial charge in [-0.05, 0) is 13.6 Å². The van der Waals surface area contributed by atoms with Crippen molar-refractivity contribution in [3.8, 4) is 0 Å². The van der Waals surface area contributed by atoms with Crippen LogP contribution in [0.3, 0.4) is 0 Å². The maximum Gasteiger partial charge on any atom is 0.110 e. The summed E-state index contributed by atoms with van der Waals surface area (Å²) in [6, 6.07) is -0.147. The van der Waals surface area contributed by atoms with Crippen LogP contribution in [-0.4, -0.2) is 70.4 Å². The van der Waals surface area contributed by atoms with Crippen LogP contribution >= 0.6 is 5.71 Å². The van der Waals surface area contributed by atoms with Crippen molar-refractivity contribution >= 4 is 13.6 Å². The SMILES string of the molecule is CN(C)[PH](C)=[W].[B]C1CN(C)CC([CH2-])O1.[Y]. The standard InChI is InChI=1S/C6H11BNO.C3H10NP.W.Y/c1-5-3-8(2)4-6(7)9-5;1-4(2)5-3;;/h5-6H,1,3-4H2,2H3;5H,1-3H3;;/q-1;;;. The van der Waals surface area contributed by atoms with Crippen LogP contribution in [0.1, 0.15) is 0 Å². The molecule has 1 aliphatic heterocycles. The van der Waals surface area contributed by atoms with Crippen molar-refractivity contribution < 1.29 is 56.3 Å². The molecule has 0 bridgehead atoms. The molecule has 91 valence electrons. The Balaban J connectivity index is 0. The second kappa shape index (κ2) is 11.0. The van der Waals surface area contributed by atoms with Gasteiger partial charge in [-0.1, -0.05) is 6.10 Å². The number of hydrogen-bond acceptors (Lipinski definition) is 3. The summed E-state index contributed by atoms with van der Waals surface area (Å²) in [6.45, 7) is 7.75. The predicted octanol–water partition coefficient (Wildman–Crippen LogP) is 0.412. The van der Waals surface area contributed by atoms with E-state index in [0.29, 0.717) is 0 Å². The molecule has 1 saturated heterocycles. The second-order valence-electron chi connectivity index (χ2n) is 3.93. The summed E-state index contributed by atoms with van der Waals surface area (Å²) < 4.78 is 7.49. The summed E-state index contributed by atoms with van der Waals surface area (Å²) in [5, 5.41) is 0. The first kappa shape index (κ1) is 20.5. The molecule has 0 spiro atoms. The van der Waals surface area contributed by atoms with Gasteiger partial charge in [-0.3, -0.25) is 0 Å². The van der Waals surface area contributed by atoms with E-state index in [9.17, 15) is 0 Å². The Morgan fingerprint density at radius 2 is 1.94 bits per heavy atom. The summed E-state index contributed by atoms with van der Waals surface area (Å²) >= 11 is 1.74. The third kappa shape index (κ3) is 11.3. The normalized spacial score (nSPS) is 27.6. The number of likely N-dealkylation sites (N-methyl/N-ethyl adjacent to an activating group) is 1. The van der Waals surface area contributed by atoms with E-state index in [2.05, 4.69) is 37.3 Å². The van der Waals surface area contributed by atoms with Gasteiger partial charge in [0.05, 0.1) is 0 Å². The van der Waals surface area contributed by atoms with Crippen molar-refractivity contribution in [2.45, 2.75) is 12.1 Å². The first-order chi connectivity index (χ1) is 6.82. The summed E-state index contributed by atoms with van der Waals surface area (Å²) in [7, 11) is 11.8. The number of nitrogens with zero attached hydrogens (tertiary/aromatic N) is 2. The van der Waals surface area contributed by atoms with E-state index in [0.717, 1.165) is 13.1 Å². The van der Waals surface area contributed by atoms with Gasteiger partial charge >= 0.3 is 49.9 Å². The summed E-state index contributed by atoms with van der Waals surface area (Å²) in [5.41, 5.74) is -0.0350. The fourth-order valence-electron chi connectivity index (χ4n) is 1.06. The van der Waals surface area contributed by atoms with Crippen molar-refractivity contribution in [2.75, 3.05) is 40.9 Å². The van der Waals surface area contributed by atoms with Crippen LogP contribution in [-0.2, 0) is 56.3 Å². The average Bonchev–Trinajstić information content (AvgIpc) is 2.01. The van der Waals surface area contributed by atoms with Gasteiger partial charge in [0.2, 0.25) is 0 Å². The van der Waals surface area contributed by atoms with Crippen LogP contribution in [0, 0.1) is 6.92 Å². The second-order valence-corrected chi connectivity index (χ2v) is 12.2. The van der Waals surface area contributed by atoms with E-state index in [1.54, 1.807) is 18.8 Å². The zero-order valence-corrected chi connectivity index (χ0v) is 17.4. The molecule has 0 aliphatic carbocycles. The van der Waals surface area contributed by atoms with Crippen LogP contribution in [0.25, 0.3) is 0 Å². The molecule has 0 aromatic carbocycles. The fourth-order valence-corrected chi connectivity index (χ4v) is 1.06. The molecule has 3 radical (unpaired) electrons. The van der Waals surface area contributed by atoms with E-state index in [1.807, 2.05) is 7.05 Å². The molecule has 1 fully saturated rings. The Labute approximate surface area is 138 Å². The third-order valence-electron chi connectivity index (χ3n) is 2.00. The van der Waals surface area contributed by atoms with Gasteiger partial charge in [-0.25, -0.2) is 0 Å². The molecule has 1 rings (SSSR count). The molecule has 1 aliphatic rings. The van der Waals surface area contributed by atoms with Gasteiger partial charge in [-0.15, -0.1) is 0 Å². The van der Waals surface area contributed by atoms with Gasteiger partial charge in [0.25, 0.3) is 0 Å². The Bertz CT molecular complexity index is 187. The maximum absolute atomic E-state index is 5.51. The van der Waals surface area contributed by atoms with Gasteiger partial charge in [0.1, 0.15) is 7.85 Å². The van der Waals surface area contributed by atoms with E-state index in [4.69, 9.17) is 12.6 Å². The maximum atomic E-state index is 5.51. The smallest absolute Gasteiger partial charge is 0.110 e. The molecular weight excluding hydrogens is 467 g/mol. The molecule has 7 heteroatoms. The van der Waals surface area contributed by atoms with Gasteiger partial charge in [-0.2, -0.15) is 0 Å². The zero-order chi connectivity index (χ0) is 12.0. The number of hydrogen-bond donors (Lipinski definition) is 0. The summed E-state index contributed by atoms with van der Waals surface area (Å²) in [4.78, 5) is 2.12. The minimum atomic E-state index is -0.147. The molecular formula is C9H21BN2OPWY-. The van der Waals surface area contributed by atoms with E-state index in [1.165, 1.54) is 0 Å². The van der Waals surface area contributed by atoms with Crippen molar-refractivity contribution in [1.82, 2.24) is 9.57 Å². The average molecular weight is 488 g/mol. The van der Waals surface area contributed by atoms with Gasteiger partial charge < -0.3 is 16.6 Å². The van der Waals surface area contributed by atoms with Crippen LogP contribution < -0.4 is 0 Å². The fraction of sp³-hybridized carbons (Fsp3) is 0.889. The molecule has 16 heavy (non-hydrogen) atoms. The Morgan fingerprint density at radius 3 is 2.19 bits per heavy atom. The monoisotopic (exact) mass is 488 g/mol. The van der Waals surface area contributed by atoms with Crippen molar-refractivity contribution in [2.24, 2.45) is 0 Å². The van der Waals surface area contributed by atoms with Crippen molar-refractivity contribution in [3.63, 3.8) is 0 Å². The summed E-state index contributed by atoms with van der Waals surface area (Å²) in [5.74, 6) is 0. The summed E-state index contributed by atoms with van der Waals surface area (Å²) in [6.07, 6.45) is 0.0405. The molecule has 3 nitrogen and oxygen atoms in total. The predicted molar refractivity (Wildman–Crippen MR) is 65.2 cm³/mol. The molecule has 0 N–H and O–H groups in total. The van der Waals surface area contributed by atoms with Crippen molar-refractivity contribution in [3.05, 3.63) is 6.92 Å². The van der Waals surface area contributed by atoms with Crippen LogP contribution in [0.4, 0.5) is 0 Å². The number of ether oxygens (including phenoxy) is 1. The largest absolute Gasteiger partial charge is 0.414 e. The first-order valence-corrected chi connectivity index (χ1v) is 11.2. The Morgan fingerprint density at radius 1 is 1.50 bits per heavy atom. The topological polar surface area (TPSA) is 15.7 Å². The van der Waals surface area contributed by atoms with Gasteiger partial charge in [0.15, 0.2) is 0 Å². The van der Waals surface area contributed by atoms with Crippen LogP contribution in [0.5, 0.6) is 0 Å². The number of morpholine rings is 1. The molecule has 0 aromatic heterocycles. The molecule has 3 unspecified atom stereocenters. The van der Waals surface area contributed by atoms with E-state index in [-0.39, 0.29) is 50.5 Å². The van der Waals surface area contributed by atoms with Crippen LogP contribution in [0.2, 0.25) is 0 Å². The minimum absolute atomic E-state index is 0. The molecule has 0 saturated carbocycles. The molecule has 0 aromatic rings. The Hall–Kier alpha value is 2.17. The molecule has 0 amide bonds. The van der Waals surface area contributed by atoms with Crippen LogP contribution in [0.15, 0.2) is 0 Å². The molecule has 1 heterocycles. The minimum Gasteiger partial charge on any atom is -0.414 e. The Kier molecular flexibility index (Phi) is 14.1. The zero-order valence-electron chi connectivity index (χ0n) is 10.6. The van der Waals surface area contributed by atoms with E-state index < -0.39 is 0 Å². The number of rotatable bonds is 1. The quantitative estimate of drug-likeness (QED) is 0.303. The van der Waals surface area contributed by atoms with Gasteiger partial charge in [0, 0.05) is 45.3 Å². The van der Waals surface area contributed by atoms with Crippen molar-refractivity contribution in [1.29, 1.82) is 0 Å². The molecule has 3 atom stereocenters. The third-order valence-corrected chi connectivity index (χ3v) is 7.20. The van der Waals surface area contributed by atoms with E-state index >= 15 is 0 Å². The first-order valence-electron chi connectivity index (χ1n) is 4.93.